The van der Waals surface area contributed by atoms with Gasteiger partial charge in [0.25, 0.3) is 0 Å². The third kappa shape index (κ3) is 3.27. The molecular formula is C13H20N2O2. The summed E-state index contributed by atoms with van der Waals surface area (Å²) in [5, 5.41) is 0. The van der Waals surface area contributed by atoms with Crippen LogP contribution in [0.15, 0.2) is 24.4 Å². The summed E-state index contributed by atoms with van der Waals surface area (Å²) >= 11 is 0. The number of carbonyl (C=O) groups excluding carboxylic acids is 1. The largest absolute Gasteiger partial charge is 0.466 e. The average molecular weight is 236 g/mol. The van der Waals surface area contributed by atoms with Gasteiger partial charge >= 0.3 is 5.97 Å². The number of ether oxygens (including phenoxy) is 1. The number of hydrogen-bond acceptors (Lipinski definition) is 4. The highest BCUT2D eigenvalue weighted by Crippen LogP contribution is 2.27. The fourth-order valence-corrected chi connectivity index (χ4v) is 1.77. The molecule has 2 N–H and O–H groups in total. The molecular weight excluding hydrogens is 216 g/mol. The number of hydrogen-bond donors (Lipinski definition) is 1. The Hall–Kier alpha value is -1.42. The van der Waals surface area contributed by atoms with E-state index in [1.54, 1.807) is 13.1 Å². The van der Waals surface area contributed by atoms with Gasteiger partial charge in [-0.25, -0.2) is 0 Å². The van der Waals surface area contributed by atoms with Gasteiger partial charge in [-0.15, -0.1) is 0 Å². The molecule has 1 atom stereocenters. The van der Waals surface area contributed by atoms with Crippen LogP contribution >= 0.6 is 0 Å². The molecule has 4 nitrogen and oxygen atoms in total. The van der Waals surface area contributed by atoms with Gasteiger partial charge in [0.15, 0.2) is 0 Å². The zero-order valence-corrected chi connectivity index (χ0v) is 10.5. The molecule has 0 saturated carbocycles. The van der Waals surface area contributed by atoms with E-state index < -0.39 is 5.41 Å². The number of carbonyl (C=O) groups is 1. The van der Waals surface area contributed by atoms with Crippen molar-refractivity contribution in [3.8, 4) is 0 Å². The van der Waals surface area contributed by atoms with E-state index in [4.69, 9.17) is 10.5 Å². The summed E-state index contributed by atoms with van der Waals surface area (Å²) in [6.07, 6.45) is 2.90. The van der Waals surface area contributed by atoms with E-state index in [0.717, 1.165) is 5.69 Å². The summed E-state index contributed by atoms with van der Waals surface area (Å²) in [6.45, 7) is 4.41. The van der Waals surface area contributed by atoms with Crippen LogP contribution in [0, 0.1) is 5.41 Å². The molecule has 0 fully saturated rings. The average Bonchev–Trinajstić information content (AvgIpc) is 2.37. The number of esters is 1. The third-order valence-corrected chi connectivity index (χ3v) is 3.02. The summed E-state index contributed by atoms with van der Waals surface area (Å²) in [5.41, 5.74) is 5.99. The van der Waals surface area contributed by atoms with Crippen molar-refractivity contribution in [2.45, 2.75) is 26.7 Å². The van der Waals surface area contributed by atoms with Crippen molar-refractivity contribution in [1.82, 2.24) is 4.98 Å². The van der Waals surface area contributed by atoms with Gasteiger partial charge in [0.1, 0.15) is 0 Å². The van der Waals surface area contributed by atoms with Gasteiger partial charge in [-0.3, -0.25) is 9.78 Å². The van der Waals surface area contributed by atoms with Gasteiger partial charge in [0.2, 0.25) is 0 Å². The third-order valence-electron chi connectivity index (χ3n) is 3.02. The first-order valence-electron chi connectivity index (χ1n) is 5.95. The molecule has 94 valence electrons. The van der Waals surface area contributed by atoms with Gasteiger partial charge in [0, 0.05) is 24.9 Å². The van der Waals surface area contributed by atoms with Crippen molar-refractivity contribution in [3.63, 3.8) is 0 Å². The molecule has 1 aromatic rings. The predicted octanol–water partition coefficient (Wildman–Crippen LogP) is 1.54. The Morgan fingerprint density at radius 3 is 2.71 bits per heavy atom. The van der Waals surface area contributed by atoms with Crippen molar-refractivity contribution >= 4 is 5.97 Å². The van der Waals surface area contributed by atoms with E-state index in [1.165, 1.54) is 0 Å². The van der Waals surface area contributed by atoms with Gasteiger partial charge in [0.05, 0.1) is 12.0 Å². The lowest BCUT2D eigenvalue weighted by atomic mass is 9.80. The van der Waals surface area contributed by atoms with Crippen molar-refractivity contribution in [3.05, 3.63) is 30.1 Å². The molecule has 1 rings (SSSR count). The zero-order chi connectivity index (χ0) is 12.7. The second kappa shape index (κ2) is 6.35. The van der Waals surface area contributed by atoms with Crippen LogP contribution < -0.4 is 5.73 Å². The minimum absolute atomic E-state index is 0.226. The Bertz CT molecular complexity index is 348. The Balaban J connectivity index is 2.88. The Labute approximate surface area is 102 Å². The van der Waals surface area contributed by atoms with E-state index in [0.29, 0.717) is 19.4 Å². The van der Waals surface area contributed by atoms with Crippen LogP contribution in [-0.2, 0) is 16.0 Å². The minimum Gasteiger partial charge on any atom is -0.466 e. The maximum atomic E-state index is 12.0. The van der Waals surface area contributed by atoms with E-state index in [-0.39, 0.29) is 12.5 Å². The van der Waals surface area contributed by atoms with Crippen LogP contribution in [0.4, 0.5) is 0 Å². The van der Waals surface area contributed by atoms with Crippen LogP contribution in [-0.4, -0.2) is 24.1 Å². The molecule has 0 aliphatic heterocycles. The number of rotatable bonds is 6. The fraction of sp³-hybridized carbons (Fsp3) is 0.538. The molecule has 0 bridgehead atoms. The maximum absolute atomic E-state index is 12.0. The zero-order valence-electron chi connectivity index (χ0n) is 10.5. The van der Waals surface area contributed by atoms with Crippen LogP contribution in [0.3, 0.4) is 0 Å². The second-order valence-corrected chi connectivity index (χ2v) is 4.06. The van der Waals surface area contributed by atoms with Gasteiger partial charge in [-0.05, 0) is 25.5 Å². The summed E-state index contributed by atoms with van der Waals surface area (Å²) in [4.78, 5) is 16.2. The van der Waals surface area contributed by atoms with Crippen molar-refractivity contribution < 1.29 is 9.53 Å². The number of nitrogens with zero attached hydrogens (tertiary/aromatic N) is 1. The SMILES string of the molecule is CCOC(=O)C(CC)(CN)Cc1ccccn1. The highest BCUT2D eigenvalue weighted by molar-refractivity contribution is 5.77. The fourth-order valence-electron chi connectivity index (χ4n) is 1.77. The second-order valence-electron chi connectivity index (χ2n) is 4.06. The number of aromatic nitrogens is 1. The molecule has 0 aliphatic carbocycles. The van der Waals surface area contributed by atoms with Crippen LogP contribution in [0.25, 0.3) is 0 Å². The first kappa shape index (κ1) is 13.6. The van der Waals surface area contributed by atoms with E-state index in [1.807, 2.05) is 25.1 Å². The summed E-state index contributed by atoms with van der Waals surface area (Å²) in [7, 11) is 0. The van der Waals surface area contributed by atoms with E-state index in [9.17, 15) is 4.79 Å². The minimum atomic E-state index is -0.648. The van der Waals surface area contributed by atoms with Gasteiger partial charge in [-0.2, -0.15) is 0 Å². The van der Waals surface area contributed by atoms with Crippen molar-refractivity contribution in [2.24, 2.45) is 11.1 Å². The molecule has 0 amide bonds. The monoisotopic (exact) mass is 236 g/mol. The molecule has 0 saturated heterocycles. The first-order chi connectivity index (χ1) is 8.18. The quantitative estimate of drug-likeness (QED) is 0.761. The summed E-state index contributed by atoms with van der Waals surface area (Å²) in [5.74, 6) is -0.226. The Morgan fingerprint density at radius 1 is 1.47 bits per heavy atom. The highest BCUT2D eigenvalue weighted by atomic mass is 16.5. The maximum Gasteiger partial charge on any atom is 0.313 e. The first-order valence-corrected chi connectivity index (χ1v) is 5.95. The molecule has 1 heterocycles. The van der Waals surface area contributed by atoms with E-state index >= 15 is 0 Å². The van der Waals surface area contributed by atoms with Crippen LogP contribution in [0.5, 0.6) is 0 Å². The molecule has 0 spiro atoms. The molecule has 0 aliphatic rings. The molecule has 1 unspecified atom stereocenters. The van der Waals surface area contributed by atoms with Crippen molar-refractivity contribution in [1.29, 1.82) is 0 Å². The number of nitrogens with two attached hydrogens (primary N) is 1. The number of pyridine rings is 1. The lowest BCUT2D eigenvalue weighted by Gasteiger charge is -2.28. The normalized spacial score (nSPS) is 14.1. The Kier molecular flexibility index (Phi) is 5.10. The van der Waals surface area contributed by atoms with Gasteiger partial charge in [-0.1, -0.05) is 13.0 Å². The topological polar surface area (TPSA) is 65.2 Å². The van der Waals surface area contributed by atoms with Crippen molar-refractivity contribution in [2.75, 3.05) is 13.2 Å². The summed E-state index contributed by atoms with van der Waals surface area (Å²) in [6, 6.07) is 5.66. The molecule has 0 aromatic carbocycles. The lowest BCUT2D eigenvalue weighted by molar-refractivity contribution is -0.155. The van der Waals surface area contributed by atoms with Crippen LogP contribution in [0.2, 0.25) is 0 Å². The van der Waals surface area contributed by atoms with Gasteiger partial charge < -0.3 is 10.5 Å². The van der Waals surface area contributed by atoms with Crippen LogP contribution in [0.1, 0.15) is 26.0 Å². The smallest absolute Gasteiger partial charge is 0.313 e. The lowest BCUT2D eigenvalue weighted by Crippen LogP contribution is -2.41. The molecule has 0 radical (unpaired) electrons. The summed E-state index contributed by atoms with van der Waals surface area (Å²) < 4.78 is 5.11. The van der Waals surface area contributed by atoms with E-state index in [2.05, 4.69) is 4.98 Å². The highest BCUT2D eigenvalue weighted by Gasteiger charge is 2.37. The Morgan fingerprint density at radius 2 is 2.24 bits per heavy atom. The molecule has 1 aromatic heterocycles. The molecule has 17 heavy (non-hydrogen) atoms. The predicted molar refractivity (Wildman–Crippen MR) is 66.4 cm³/mol. The molecule has 4 heteroatoms. The standard InChI is InChI=1S/C13H20N2O2/c1-3-13(10-14,12(16)17-4-2)9-11-7-5-6-8-15-11/h5-8H,3-4,9-10,14H2,1-2H3.